The Bertz CT molecular complexity index is 358. The van der Waals surface area contributed by atoms with Crippen molar-refractivity contribution in [3.05, 3.63) is 23.9 Å². The summed E-state index contributed by atoms with van der Waals surface area (Å²) in [5, 5.41) is 3.19. The quantitative estimate of drug-likeness (QED) is 0.886. The number of alkyl halides is 3. The molecule has 1 aliphatic heterocycles. The molecule has 94 valence electrons. The van der Waals surface area contributed by atoms with Crippen molar-refractivity contribution in [3.63, 3.8) is 0 Å². The molecule has 1 atom stereocenters. The van der Waals surface area contributed by atoms with Crippen LogP contribution in [0, 0.1) is 5.92 Å². The van der Waals surface area contributed by atoms with E-state index in [4.69, 9.17) is 4.74 Å². The van der Waals surface area contributed by atoms with Crippen LogP contribution in [-0.2, 0) is 6.18 Å². The summed E-state index contributed by atoms with van der Waals surface area (Å²) in [7, 11) is 0. The third-order valence-corrected chi connectivity index (χ3v) is 2.69. The van der Waals surface area contributed by atoms with E-state index in [0.29, 0.717) is 12.5 Å². The first-order chi connectivity index (χ1) is 8.05. The van der Waals surface area contributed by atoms with Gasteiger partial charge >= 0.3 is 6.18 Å². The van der Waals surface area contributed by atoms with Gasteiger partial charge in [0.2, 0.25) is 5.88 Å². The van der Waals surface area contributed by atoms with Gasteiger partial charge in [-0.2, -0.15) is 13.2 Å². The van der Waals surface area contributed by atoms with Crippen molar-refractivity contribution >= 4 is 0 Å². The lowest BCUT2D eigenvalue weighted by atomic mass is 10.1. The van der Waals surface area contributed by atoms with Crippen molar-refractivity contribution in [2.75, 3.05) is 19.7 Å². The first kappa shape index (κ1) is 12.2. The molecule has 1 N–H and O–H groups in total. The monoisotopic (exact) mass is 246 g/mol. The number of ether oxygens (including phenoxy) is 1. The molecule has 0 aromatic carbocycles. The van der Waals surface area contributed by atoms with Crippen LogP contribution in [-0.4, -0.2) is 24.7 Å². The van der Waals surface area contributed by atoms with Crippen LogP contribution in [0.4, 0.5) is 13.2 Å². The zero-order valence-electron chi connectivity index (χ0n) is 9.13. The largest absolute Gasteiger partial charge is 0.477 e. The van der Waals surface area contributed by atoms with Crippen molar-refractivity contribution in [1.82, 2.24) is 10.3 Å². The zero-order chi connectivity index (χ0) is 12.3. The molecule has 0 unspecified atom stereocenters. The van der Waals surface area contributed by atoms with Crippen LogP contribution in [0.2, 0.25) is 0 Å². The van der Waals surface area contributed by atoms with Crippen molar-refractivity contribution in [3.8, 4) is 5.88 Å². The van der Waals surface area contributed by atoms with Gasteiger partial charge in [-0.3, -0.25) is 0 Å². The van der Waals surface area contributed by atoms with E-state index in [0.717, 1.165) is 31.8 Å². The third-order valence-electron chi connectivity index (χ3n) is 2.69. The van der Waals surface area contributed by atoms with Gasteiger partial charge in [-0.1, -0.05) is 0 Å². The Morgan fingerprint density at radius 2 is 2.24 bits per heavy atom. The minimum absolute atomic E-state index is 0.241. The molecular weight excluding hydrogens is 233 g/mol. The summed E-state index contributed by atoms with van der Waals surface area (Å²) in [6.45, 7) is 2.35. The molecule has 1 aromatic heterocycles. The van der Waals surface area contributed by atoms with Gasteiger partial charge in [-0.15, -0.1) is 0 Å². The summed E-state index contributed by atoms with van der Waals surface area (Å²) in [6, 6.07) is 2.24. The third kappa shape index (κ3) is 3.33. The standard InChI is InChI=1S/C11H13F3N2O/c12-11(13,14)9-1-2-10(16-6-9)17-7-8-3-4-15-5-8/h1-2,6,8,15H,3-5,7H2/t8-/m1/s1. The molecule has 1 aromatic rings. The highest BCUT2D eigenvalue weighted by Crippen LogP contribution is 2.29. The second kappa shape index (κ2) is 4.91. The molecule has 1 saturated heterocycles. The van der Waals surface area contributed by atoms with Crippen LogP contribution in [0.1, 0.15) is 12.0 Å². The van der Waals surface area contributed by atoms with Gasteiger partial charge in [0.1, 0.15) is 0 Å². The van der Waals surface area contributed by atoms with Gasteiger partial charge in [0.05, 0.1) is 12.2 Å². The number of halogens is 3. The van der Waals surface area contributed by atoms with Gasteiger partial charge in [0.15, 0.2) is 0 Å². The van der Waals surface area contributed by atoms with Crippen molar-refractivity contribution in [2.45, 2.75) is 12.6 Å². The molecule has 0 amide bonds. The summed E-state index contributed by atoms with van der Waals surface area (Å²) in [4.78, 5) is 3.64. The van der Waals surface area contributed by atoms with E-state index in [2.05, 4.69) is 10.3 Å². The molecule has 2 rings (SSSR count). The number of nitrogens with one attached hydrogen (secondary N) is 1. The maximum atomic E-state index is 12.3. The summed E-state index contributed by atoms with van der Waals surface area (Å²) in [5.74, 6) is 0.656. The highest BCUT2D eigenvalue weighted by molar-refractivity contribution is 5.20. The van der Waals surface area contributed by atoms with Crippen LogP contribution in [0.25, 0.3) is 0 Å². The second-order valence-corrected chi connectivity index (χ2v) is 4.05. The molecule has 17 heavy (non-hydrogen) atoms. The number of nitrogens with zero attached hydrogens (tertiary/aromatic N) is 1. The van der Waals surface area contributed by atoms with E-state index >= 15 is 0 Å². The molecule has 0 spiro atoms. The summed E-state index contributed by atoms with van der Waals surface area (Å²) >= 11 is 0. The molecular formula is C11H13F3N2O. The Balaban J connectivity index is 1.89. The van der Waals surface area contributed by atoms with Crippen LogP contribution in [0.15, 0.2) is 18.3 Å². The predicted octanol–water partition coefficient (Wildman–Crippen LogP) is 2.09. The lowest BCUT2D eigenvalue weighted by Crippen LogP contribution is -2.16. The maximum absolute atomic E-state index is 12.3. The number of pyridine rings is 1. The van der Waals surface area contributed by atoms with Gasteiger partial charge in [0.25, 0.3) is 0 Å². The molecule has 6 heteroatoms. The molecule has 0 aliphatic carbocycles. The van der Waals surface area contributed by atoms with E-state index in [9.17, 15) is 13.2 Å². The molecule has 0 saturated carbocycles. The van der Waals surface area contributed by atoms with Crippen LogP contribution in [0.3, 0.4) is 0 Å². The number of rotatable bonds is 3. The summed E-state index contributed by atoms with van der Waals surface area (Å²) in [5.41, 5.74) is -0.757. The zero-order valence-corrected chi connectivity index (χ0v) is 9.13. The van der Waals surface area contributed by atoms with Gasteiger partial charge in [0, 0.05) is 24.7 Å². The highest BCUT2D eigenvalue weighted by atomic mass is 19.4. The first-order valence-electron chi connectivity index (χ1n) is 5.42. The molecule has 0 radical (unpaired) electrons. The fourth-order valence-electron chi connectivity index (χ4n) is 1.69. The van der Waals surface area contributed by atoms with Crippen LogP contribution in [0.5, 0.6) is 5.88 Å². The fraction of sp³-hybridized carbons (Fsp3) is 0.545. The topological polar surface area (TPSA) is 34.1 Å². The lowest BCUT2D eigenvalue weighted by Gasteiger charge is -2.11. The van der Waals surface area contributed by atoms with Crippen molar-refractivity contribution in [2.24, 2.45) is 5.92 Å². The SMILES string of the molecule is FC(F)(F)c1ccc(OC[C@@H]2CCNC2)nc1. The maximum Gasteiger partial charge on any atom is 0.417 e. The molecule has 0 bridgehead atoms. The lowest BCUT2D eigenvalue weighted by molar-refractivity contribution is -0.137. The van der Waals surface area contributed by atoms with Crippen molar-refractivity contribution < 1.29 is 17.9 Å². The minimum atomic E-state index is -4.35. The number of aromatic nitrogens is 1. The van der Waals surface area contributed by atoms with E-state index in [-0.39, 0.29) is 5.88 Å². The Morgan fingerprint density at radius 3 is 2.76 bits per heavy atom. The average molecular weight is 246 g/mol. The van der Waals surface area contributed by atoms with Gasteiger partial charge in [-0.25, -0.2) is 4.98 Å². The van der Waals surface area contributed by atoms with E-state index in [1.54, 1.807) is 0 Å². The summed E-state index contributed by atoms with van der Waals surface area (Å²) in [6.07, 6.45) is -2.52. The first-order valence-corrected chi connectivity index (χ1v) is 5.42. The number of hydrogen-bond acceptors (Lipinski definition) is 3. The van der Waals surface area contributed by atoms with Crippen LogP contribution < -0.4 is 10.1 Å². The Kier molecular flexibility index (Phi) is 3.51. The normalized spacial score (nSPS) is 20.5. The van der Waals surface area contributed by atoms with Gasteiger partial charge in [-0.05, 0) is 19.0 Å². The Morgan fingerprint density at radius 1 is 1.41 bits per heavy atom. The Hall–Kier alpha value is -1.30. The van der Waals surface area contributed by atoms with E-state index in [1.165, 1.54) is 6.07 Å². The van der Waals surface area contributed by atoms with Gasteiger partial charge < -0.3 is 10.1 Å². The van der Waals surface area contributed by atoms with Crippen LogP contribution >= 0.6 is 0 Å². The molecule has 1 aliphatic rings. The smallest absolute Gasteiger partial charge is 0.417 e. The fourth-order valence-corrected chi connectivity index (χ4v) is 1.69. The van der Waals surface area contributed by atoms with E-state index < -0.39 is 11.7 Å². The van der Waals surface area contributed by atoms with Crippen molar-refractivity contribution in [1.29, 1.82) is 0 Å². The average Bonchev–Trinajstić information content (AvgIpc) is 2.78. The van der Waals surface area contributed by atoms with E-state index in [1.807, 2.05) is 0 Å². The minimum Gasteiger partial charge on any atom is -0.477 e. The highest BCUT2D eigenvalue weighted by Gasteiger charge is 2.30. The molecule has 1 fully saturated rings. The molecule has 2 heterocycles. The number of hydrogen-bond donors (Lipinski definition) is 1. The second-order valence-electron chi connectivity index (χ2n) is 4.05. The predicted molar refractivity (Wildman–Crippen MR) is 55.7 cm³/mol. The molecule has 3 nitrogen and oxygen atoms in total. The summed E-state index contributed by atoms with van der Waals surface area (Å²) < 4.78 is 42.1. The Labute approximate surface area is 97.0 Å².